The van der Waals surface area contributed by atoms with Gasteiger partial charge in [-0.2, -0.15) is 0 Å². The van der Waals surface area contributed by atoms with Gasteiger partial charge < -0.3 is 19.6 Å². The molecule has 0 spiro atoms. The second-order valence-electron chi connectivity index (χ2n) is 8.94. The Morgan fingerprint density at radius 1 is 1.03 bits per heavy atom. The highest BCUT2D eigenvalue weighted by atomic mass is 16.5. The first kappa shape index (κ1) is 24.0. The molecular weight excluding hydrogens is 428 g/mol. The number of carbonyl (C=O) groups is 2. The second-order valence-corrected chi connectivity index (χ2v) is 8.94. The number of Topliss-reactive ketones (excluding diaryl/α,β-unsaturated/α-hetero) is 1. The molecule has 2 aromatic rings. The molecule has 1 saturated heterocycles. The highest BCUT2D eigenvalue weighted by Crippen LogP contribution is 2.40. The summed E-state index contributed by atoms with van der Waals surface area (Å²) in [5.74, 6) is -1.36. The lowest BCUT2D eigenvalue weighted by Crippen LogP contribution is -2.32. The van der Waals surface area contributed by atoms with Crippen LogP contribution in [0.5, 0.6) is 0 Å². The van der Waals surface area contributed by atoms with Crippen molar-refractivity contribution in [2.24, 2.45) is 0 Å². The molecule has 2 aliphatic rings. The Bertz CT molecular complexity index is 1090. The van der Waals surface area contributed by atoms with Crippen LogP contribution in [0.4, 0.5) is 5.69 Å². The van der Waals surface area contributed by atoms with Crippen LogP contribution >= 0.6 is 0 Å². The molecule has 0 aromatic heterocycles. The van der Waals surface area contributed by atoms with Gasteiger partial charge in [-0.1, -0.05) is 24.3 Å². The fraction of sp³-hybridized carbons (Fsp3) is 0.429. The quantitative estimate of drug-likeness (QED) is 0.356. The number of anilines is 1. The molecule has 1 fully saturated rings. The third-order valence-electron chi connectivity index (χ3n) is 7.04. The number of nitrogens with zero attached hydrogens (tertiary/aromatic N) is 2. The Balaban J connectivity index is 1.79. The standard InChI is InChI=1S/C28H34N2O4/c1-4-29(5-2)23-14-12-20(13-15-23)25-24(27(32)28(33)30(25)16-17-34-3)26(31)22-11-10-19-8-6-7-9-21(19)18-22/h10-15,18,25,31H,4-9,16-17H2,1-3H3/b26-24-. The van der Waals surface area contributed by atoms with Gasteiger partial charge in [-0.15, -0.1) is 0 Å². The van der Waals surface area contributed by atoms with E-state index in [1.54, 1.807) is 7.11 Å². The summed E-state index contributed by atoms with van der Waals surface area (Å²) >= 11 is 0. The molecule has 4 rings (SSSR count). The van der Waals surface area contributed by atoms with Crippen LogP contribution in [-0.2, 0) is 27.2 Å². The number of carbonyl (C=O) groups excluding carboxylic acids is 2. The first-order chi connectivity index (χ1) is 16.5. The Morgan fingerprint density at radius 2 is 1.71 bits per heavy atom. The van der Waals surface area contributed by atoms with Gasteiger partial charge in [-0.25, -0.2) is 0 Å². The number of aliphatic hydroxyl groups excluding tert-OH is 1. The number of hydrogen-bond donors (Lipinski definition) is 1. The zero-order chi connectivity index (χ0) is 24.2. The van der Waals surface area contributed by atoms with Crippen LogP contribution < -0.4 is 4.90 Å². The van der Waals surface area contributed by atoms with Gasteiger partial charge in [0.2, 0.25) is 0 Å². The van der Waals surface area contributed by atoms with E-state index in [0.29, 0.717) is 12.2 Å². The molecule has 34 heavy (non-hydrogen) atoms. The molecule has 1 amide bonds. The summed E-state index contributed by atoms with van der Waals surface area (Å²) in [6, 6.07) is 13.1. The predicted molar refractivity (Wildman–Crippen MR) is 134 cm³/mol. The zero-order valence-corrected chi connectivity index (χ0v) is 20.3. The maximum Gasteiger partial charge on any atom is 0.295 e. The summed E-state index contributed by atoms with van der Waals surface area (Å²) < 4.78 is 5.20. The Morgan fingerprint density at radius 3 is 2.35 bits per heavy atom. The summed E-state index contributed by atoms with van der Waals surface area (Å²) in [5, 5.41) is 11.3. The maximum absolute atomic E-state index is 13.2. The summed E-state index contributed by atoms with van der Waals surface area (Å²) in [6.07, 6.45) is 4.30. The lowest BCUT2D eigenvalue weighted by atomic mass is 9.88. The number of methoxy groups -OCH3 is 1. The van der Waals surface area contributed by atoms with Crippen molar-refractivity contribution >= 4 is 23.1 Å². The molecule has 0 saturated carbocycles. The lowest BCUT2D eigenvalue weighted by molar-refractivity contribution is -0.140. The second kappa shape index (κ2) is 10.4. The van der Waals surface area contributed by atoms with Gasteiger partial charge >= 0.3 is 0 Å². The molecule has 1 aliphatic carbocycles. The minimum atomic E-state index is -0.656. The van der Waals surface area contributed by atoms with E-state index >= 15 is 0 Å². The van der Waals surface area contributed by atoms with Crippen molar-refractivity contribution in [3.8, 4) is 0 Å². The number of hydrogen-bond acceptors (Lipinski definition) is 5. The number of rotatable bonds is 8. The Hall–Kier alpha value is -3.12. The van der Waals surface area contributed by atoms with E-state index < -0.39 is 17.7 Å². The number of aliphatic hydroxyl groups is 1. The van der Waals surface area contributed by atoms with E-state index in [-0.39, 0.29) is 17.9 Å². The Labute approximate surface area is 201 Å². The average Bonchev–Trinajstić information content (AvgIpc) is 3.12. The normalized spacial score (nSPS) is 19.4. The van der Waals surface area contributed by atoms with E-state index in [1.807, 2.05) is 42.5 Å². The minimum Gasteiger partial charge on any atom is -0.507 e. The SMILES string of the molecule is CCN(CC)c1ccc(C2/C(=C(/O)c3ccc4c(c3)CCCC4)C(=O)C(=O)N2CCOC)cc1. The average molecular weight is 463 g/mol. The molecule has 1 N–H and O–H groups in total. The van der Waals surface area contributed by atoms with Gasteiger partial charge in [0.25, 0.3) is 11.7 Å². The summed E-state index contributed by atoms with van der Waals surface area (Å²) in [5.41, 5.74) is 5.13. The van der Waals surface area contributed by atoms with E-state index in [2.05, 4.69) is 18.7 Å². The molecule has 6 nitrogen and oxygen atoms in total. The number of aryl methyl sites for hydroxylation is 2. The topological polar surface area (TPSA) is 70.1 Å². The highest BCUT2D eigenvalue weighted by Gasteiger charge is 2.45. The summed E-state index contributed by atoms with van der Waals surface area (Å²) in [7, 11) is 1.57. The van der Waals surface area contributed by atoms with Gasteiger partial charge in [0.15, 0.2) is 0 Å². The van der Waals surface area contributed by atoms with Crippen molar-refractivity contribution in [1.29, 1.82) is 0 Å². The fourth-order valence-corrected chi connectivity index (χ4v) is 5.14. The molecule has 0 bridgehead atoms. The van der Waals surface area contributed by atoms with E-state index in [9.17, 15) is 14.7 Å². The van der Waals surface area contributed by atoms with Crippen LogP contribution in [0.1, 0.15) is 55.0 Å². The monoisotopic (exact) mass is 462 g/mol. The van der Waals surface area contributed by atoms with E-state index in [4.69, 9.17) is 4.74 Å². The van der Waals surface area contributed by atoms with Crippen molar-refractivity contribution in [3.05, 3.63) is 70.3 Å². The van der Waals surface area contributed by atoms with Gasteiger partial charge in [-0.05, 0) is 74.4 Å². The lowest BCUT2D eigenvalue weighted by Gasteiger charge is -2.26. The van der Waals surface area contributed by atoms with Crippen LogP contribution in [0, 0.1) is 0 Å². The van der Waals surface area contributed by atoms with Crippen LogP contribution in [0.3, 0.4) is 0 Å². The molecule has 1 unspecified atom stereocenters. The van der Waals surface area contributed by atoms with Crippen LogP contribution in [0.2, 0.25) is 0 Å². The number of ketones is 1. The molecule has 1 heterocycles. The summed E-state index contributed by atoms with van der Waals surface area (Å²) in [6.45, 7) is 6.57. The molecule has 0 radical (unpaired) electrons. The van der Waals surface area contributed by atoms with E-state index in [1.165, 1.54) is 22.4 Å². The largest absolute Gasteiger partial charge is 0.507 e. The molecule has 6 heteroatoms. The van der Waals surface area contributed by atoms with Crippen molar-refractivity contribution < 1.29 is 19.4 Å². The van der Waals surface area contributed by atoms with Crippen LogP contribution in [0.15, 0.2) is 48.0 Å². The fourth-order valence-electron chi connectivity index (χ4n) is 5.14. The van der Waals surface area contributed by atoms with Gasteiger partial charge in [0.05, 0.1) is 18.2 Å². The number of ether oxygens (including phenoxy) is 1. The Kier molecular flexibility index (Phi) is 7.37. The number of amides is 1. The maximum atomic E-state index is 13.2. The third kappa shape index (κ3) is 4.47. The predicted octanol–water partition coefficient (Wildman–Crippen LogP) is 4.48. The first-order valence-corrected chi connectivity index (χ1v) is 12.2. The zero-order valence-electron chi connectivity index (χ0n) is 20.3. The van der Waals surface area contributed by atoms with Crippen molar-refractivity contribution in [2.45, 2.75) is 45.6 Å². The van der Waals surface area contributed by atoms with Crippen molar-refractivity contribution in [1.82, 2.24) is 4.90 Å². The van der Waals surface area contributed by atoms with Crippen molar-refractivity contribution in [2.75, 3.05) is 38.3 Å². The molecule has 1 aliphatic heterocycles. The van der Waals surface area contributed by atoms with Gasteiger partial charge in [-0.3, -0.25) is 9.59 Å². The first-order valence-electron chi connectivity index (χ1n) is 12.2. The molecular formula is C28H34N2O4. The summed E-state index contributed by atoms with van der Waals surface area (Å²) in [4.78, 5) is 29.9. The van der Waals surface area contributed by atoms with Gasteiger partial charge in [0, 0.05) is 38.0 Å². The van der Waals surface area contributed by atoms with Crippen LogP contribution in [-0.4, -0.2) is 55.0 Å². The molecule has 180 valence electrons. The molecule has 2 aromatic carbocycles. The number of fused-ring (bicyclic) bond motifs is 1. The van der Waals surface area contributed by atoms with Crippen molar-refractivity contribution in [3.63, 3.8) is 0 Å². The van der Waals surface area contributed by atoms with Gasteiger partial charge in [0.1, 0.15) is 5.76 Å². The highest BCUT2D eigenvalue weighted by molar-refractivity contribution is 6.46. The third-order valence-corrected chi connectivity index (χ3v) is 7.04. The minimum absolute atomic E-state index is 0.107. The van der Waals surface area contributed by atoms with E-state index in [0.717, 1.165) is 43.6 Å². The van der Waals surface area contributed by atoms with Crippen LogP contribution in [0.25, 0.3) is 5.76 Å². The molecule has 1 atom stereocenters. The number of benzene rings is 2. The smallest absolute Gasteiger partial charge is 0.295 e. The number of likely N-dealkylation sites (tertiary alicyclic amines) is 1.